The van der Waals surface area contributed by atoms with Crippen LogP contribution in [0.2, 0.25) is 21.1 Å². The van der Waals surface area contributed by atoms with Gasteiger partial charge in [0.1, 0.15) is 0 Å². The Morgan fingerprint density at radius 3 is 0.729 bits per heavy atom. The fraction of sp³-hybridized carbons (Fsp3) is 0.500. The molecular weight excluding hydrogens is 882 g/mol. The molecule has 59 heavy (non-hydrogen) atoms. The van der Waals surface area contributed by atoms with Crippen molar-refractivity contribution < 1.29 is 0 Å². The Hall–Kier alpha value is -2.68. The van der Waals surface area contributed by atoms with Crippen molar-refractivity contribution in [3.8, 4) is 22.8 Å². The predicted molar refractivity (Wildman–Crippen MR) is 257 cm³/mol. The van der Waals surface area contributed by atoms with Crippen molar-refractivity contribution >= 4 is 62.3 Å². The van der Waals surface area contributed by atoms with Crippen LogP contribution in [0, 0.1) is 0 Å². The predicted octanol–water partition coefficient (Wildman–Crippen LogP) is 15.9. The molecule has 2 aromatic heterocycles. The summed E-state index contributed by atoms with van der Waals surface area (Å²) in [5, 5.41) is 0.210. The quantitative estimate of drug-likeness (QED) is 0.175. The summed E-state index contributed by atoms with van der Waals surface area (Å²) in [5.74, 6) is 1.21. The van der Waals surface area contributed by atoms with E-state index in [1.807, 2.05) is 0 Å². The van der Waals surface area contributed by atoms with Gasteiger partial charge in [0.05, 0.1) is 0 Å². The molecule has 5 rings (SSSR count). The van der Waals surface area contributed by atoms with Crippen molar-refractivity contribution in [1.82, 2.24) is 29.9 Å². The van der Waals surface area contributed by atoms with Crippen LogP contribution < -0.4 is 0 Å². The third-order valence-electron chi connectivity index (χ3n) is 9.64. The highest BCUT2D eigenvalue weighted by atomic mass is 79.9. The van der Waals surface area contributed by atoms with Gasteiger partial charge < -0.3 is 0 Å². The van der Waals surface area contributed by atoms with E-state index in [1.165, 1.54) is 37.9 Å². The average Bonchev–Trinajstić information content (AvgIpc) is 3.05. The molecule has 0 N–H and O–H groups in total. The first-order valence-electron chi connectivity index (χ1n) is 19.8. The first kappa shape index (κ1) is 50.7. The van der Waals surface area contributed by atoms with Crippen LogP contribution >= 0.6 is 62.3 Å². The van der Waals surface area contributed by atoms with Crippen molar-refractivity contribution in [3.63, 3.8) is 0 Å². The number of rotatable bonds is 2. The van der Waals surface area contributed by atoms with Gasteiger partial charge in [0.15, 0.2) is 11.6 Å². The van der Waals surface area contributed by atoms with Gasteiger partial charge in [-0.25, -0.2) is 4.98 Å². The number of nitrogens with zero attached hydrogens (tertiary/aromatic N) is 6. The van der Waals surface area contributed by atoms with Crippen LogP contribution in [0.5, 0.6) is 0 Å². The largest absolute Gasteiger partial charge is 0.227 e. The summed E-state index contributed by atoms with van der Waals surface area (Å²) >= 11 is 26.1. The van der Waals surface area contributed by atoms with E-state index in [0.717, 1.165) is 11.1 Å². The molecule has 0 saturated carbocycles. The van der Waals surface area contributed by atoms with Crippen molar-refractivity contribution in [1.29, 1.82) is 0 Å². The molecule has 0 saturated heterocycles. The highest BCUT2D eigenvalue weighted by Crippen LogP contribution is 2.37. The molecule has 0 unspecified atom stereocenters. The summed E-state index contributed by atoms with van der Waals surface area (Å²) in [5.41, 5.74) is 10.1. The van der Waals surface area contributed by atoms with Gasteiger partial charge in [-0.05, 0) is 149 Å². The fourth-order valence-corrected chi connectivity index (χ4v) is 6.88. The van der Waals surface area contributed by atoms with E-state index < -0.39 is 0 Å². The van der Waals surface area contributed by atoms with E-state index in [0.29, 0.717) is 11.6 Å². The zero-order chi connectivity index (χ0) is 45.3. The molecule has 0 aliphatic rings. The Labute approximate surface area is 383 Å². The van der Waals surface area contributed by atoms with E-state index in [1.54, 1.807) is 0 Å². The molecule has 6 nitrogen and oxygen atoms in total. The zero-order valence-electron chi connectivity index (χ0n) is 38.3. The van der Waals surface area contributed by atoms with Gasteiger partial charge in [-0.15, -0.1) is 0 Å². The minimum absolute atomic E-state index is 0.000000000000000444. The Balaban J connectivity index is 0.000000315. The zero-order valence-corrected chi connectivity index (χ0v) is 42.9. The van der Waals surface area contributed by atoms with Gasteiger partial charge >= 0.3 is 0 Å². The van der Waals surface area contributed by atoms with Crippen LogP contribution in [0.4, 0.5) is 0 Å². The van der Waals surface area contributed by atoms with E-state index in [4.69, 9.17) is 51.4 Å². The molecule has 0 bridgehead atoms. The number of hydrogen-bond acceptors (Lipinski definition) is 6. The summed E-state index contributed by atoms with van der Waals surface area (Å²) < 4.78 is 1.18. The molecule has 320 valence electrons. The molecule has 0 atom stereocenters. The topological polar surface area (TPSA) is 77.3 Å². The van der Waals surface area contributed by atoms with Gasteiger partial charge in [0.25, 0.3) is 0 Å². The van der Waals surface area contributed by atoms with E-state index in [9.17, 15) is 0 Å². The van der Waals surface area contributed by atoms with Crippen LogP contribution in [0.1, 0.15) is 158 Å². The molecule has 3 aromatic carbocycles. The smallest absolute Gasteiger partial charge is 0.208 e. The number of aromatic nitrogens is 6. The lowest BCUT2D eigenvalue weighted by atomic mass is 9.79. The van der Waals surface area contributed by atoms with Gasteiger partial charge in [-0.3, -0.25) is 0 Å². The lowest BCUT2D eigenvalue weighted by Crippen LogP contribution is -2.17. The average molecular weight is 946 g/mol. The Bertz CT molecular complexity index is 2010. The molecule has 2 heterocycles. The number of hydrogen-bond donors (Lipinski definition) is 0. The lowest BCUT2D eigenvalue weighted by molar-refractivity contribution is 0.567. The molecule has 0 aliphatic heterocycles. The molecule has 11 heteroatoms. The molecule has 0 aliphatic carbocycles. The summed E-state index contributed by atoms with van der Waals surface area (Å²) in [6, 6.07) is 20.1. The summed E-state index contributed by atoms with van der Waals surface area (Å²) in [4.78, 5) is 24.5. The summed E-state index contributed by atoms with van der Waals surface area (Å²) in [6.07, 6.45) is 0. The van der Waals surface area contributed by atoms with Crippen LogP contribution in [0.25, 0.3) is 22.8 Å². The van der Waals surface area contributed by atoms with Crippen LogP contribution in [-0.2, 0) is 32.5 Å². The van der Waals surface area contributed by atoms with Crippen molar-refractivity contribution in [2.75, 3.05) is 0 Å². The lowest BCUT2D eigenvalue weighted by Gasteiger charge is -2.26. The molecule has 0 fully saturated rings. The summed E-state index contributed by atoms with van der Waals surface area (Å²) in [6.45, 7) is 40.3. The van der Waals surface area contributed by atoms with Crippen LogP contribution in [-0.4, -0.2) is 29.9 Å². The Morgan fingerprint density at radius 2 is 0.508 bits per heavy atom. The van der Waals surface area contributed by atoms with Gasteiger partial charge in [0, 0.05) is 15.6 Å². The van der Waals surface area contributed by atoms with E-state index in [2.05, 4.69) is 220 Å². The van der Waals surface area contributed by atoms with Crippen molar-refractivity contribution in [2.45, 2.75) is 157 Å². The maximum absolute atomic E-state index is 6.51. The number of benzene rings is 3. The van der Waals surface area contributed by atoms with Gasteiger partial charge in [-0.2, -0.15) is 24.9 Å². The Kier molecular flexibility index (Phi) is 16.1. The maximum atomic E-state index is 6.51. The normalized spacial score (nSPS) is 12.7. The van der Waals surface area contributed by atoms with Crippen LogP contribution in [0.3, 0.4) is 0 Å². The standard InChI is InChI=1S/C31H42ClN3.C14H21Br.C3Cl3N3/c1-28(2,3)21-13-19(14-22(17-21)29(4,5)6)25-33-26(35-27(32)34-25)20-15-23(30(7,8)9)18-24(16-20)31(10,11)12;1-13(2,3)10-7-11(14(4,5)6)9-12(15)8-10;4-1-7-2(5)9-3(6)8-1/h13-18H,1-12H3;7-9H,1-6H3;. The highest BCUT2D eigenvalue weighted by Gasteiger charge is 2.25. The van der Waals surface area contributed by atoms with Crippen LogP contribution in [0.15, 0.2) is 59.1 Å². The van der Waals surface area contributed by atoms with Crippen molar-refractivity contribution in [3.05, 3.63) is 114 Å². The second-order valence-electron chi connectivity index (χ2n) is 21.2. The molecule has 0 radical (unpaired) electrons. The van der Waals surface area contributed by atoms with E-state index >= 15 is 0 Å². The minimum Gasteiger partial charge on any atom is -0.208 e. The summed E-state index contributed by atoms with van der Waals surface area (Å²) in [7, 11) is 0. The Morgan fingerprint density at radius 1 is 0.305 bits per heavy atom. The SMILES string of the molecule is CC(C)(C)c1cc(-c2nc(Cl)nc(-c3cc(C(C)(C)C)cc(C(C)(C)C)c3)n2)cc(C(C)(C)C)c1.CC(C)(C)c1cc(Br)cc(C(C)(C)C)c1.Clc1nc(Cl)nc(Cl)n1. The first-order chi connectivity index (χ1) is 26.5. The third kappa shape index (κ3) is 15.3. The van der Waals surface area contributed by atoms with Gasteiger partial charge in [-0.1, -0.05) is 159 Å². The monoisotopic (exact) mass is 942 g/mol. The molecule has 5 aromatic rings. The van der Waals surface area contributed by atoms with Crippen molar-refractivity contribution in [2.24, 2.45) is 0 Å². The second kappa shape index (κ2) is 18.7. The first-order valence-corrected chi connectivity index (χ1v) is 22.1. The maximum Gasteiger partial charge on any atom is 0.227 e. The fourth-order valence-electron chi connectivity index (χ4n) is 5.61. The second-order valence-corrected chi connectivity index (χ2v) is 23.5. The molecular formula is C48H63BrCl4N6. The molecule has 0 spiro atoms. The highest BCUT2D eigenvalue weighted by molar-refractivity contribution is 9.10. The number of halogens is 5. The van der Waals surface area contributed by atoms with E-state index in [-0.39, 0.29) is 53.6 Å². The minimum atomic E-state index is -0.00167. The molecule has 0 amide bonds. The van der Waals surface area contributed by atoms with Gasteiger partial charge in [0.2, 0.25) is 21.1 Å². The third-order valence-corrected chi connectivity index (χ3v) is 10.8.